The van der Waals surface area contributed by atoms with Gasteiger partial charge in [0.25, 0.3) is 5.91 Å². The Kier molecular flexibility index (Phi) is 8.53. The fraction of sp³-hybridized carbons (Fsp3) is 0.500. The molecule has 0 heterocycles. The number of carbonyl (C=O) groups excluding carboxylic acids is 2. The van der Waals surface area contributed by atoms with Gasteiger partial charge in [-0.3, -0.25) is 4.79 Å². The van der Waals surface area contributed by atoms with Crippen molar-refractivity contribution in [2.45, 2.75) is 45.6 Å². The standard InChI is InChI=1S/C22H28N2O5/c1-4-28-21(25)14-29-19-10-9-16(12-20(19)27-3)11-17(13-23)22(26)24-18-8-6-5-7-15(18)2/h9-12,15,18H,4-8,14H2,1-3H3,(H,24,26)/b17-11+/t15-,18-/m1/s1. The van der Waals surface area contributed by atoms with Crippen molar-refractivity contribution in [3.8, 4) is 17.6 Å². The fourth-order valence-corrected chi connectivity index (χ4v) is 3.32. The van der Waals surface area contributed by atoms with Gasteiger partial charge in [-0.1, -0.05) is 25.8 Å². The maximum absolute atomic E-state index is 12.5. The van der Waals surface area contributed by atoms with Gasteiger partial charge in [0, 0.05) is 6.04 Å². The molecule has 0 aromatic heterocycles. The number of hydrogen-bond acceptors (Lipinski definition) is 6. The van der Waals surface area contributed by atoms with E-state index in [1.54, 1.807) is 25.1 Å². The number of hydrogen-bond donors (Lipinski definition) is 1. The molecule has 7 nitrogen and oxygen atoms in total. The first-order valence-electron chi connectivity index (χ1n) is 9.87. The molecule has 7 heteroatoms. The fourth-order valence-electron chi connectivity index (χ4n) is 3.32. The van der Waals surface area contributed by atoms with E-state index in [1.807, 2.05) is 6.07 Å². The number of nitrogens with zero attached hydrogens (tertiary/aromatic N) is 1. The first-order chi connectivity index (χ1) is 14.0. The highest BCUT2D eigenvalue weighted by Gasteiger charge is 2.24. The lowest BCUT2D eigenvalue weighted by Crippen LogP contribution is -2.41. The summed E-state index contributed by atoms with van der Waals surface area (Å²) in [4.78, 5) is 24.0. The number of rotatable bonds is 8. The van der Waals surface area contributed by atoms with Gasteiger partial charge in [0.2, 0.25) is 0 Å². The SMILES string of the molecule is CCOC(=O)COc1ccc(/C=C(\C#N)C(=O)N[C@@H]2CCCC[C@H]2C)cc1OC. The number of nitriles is 1. The lowest BCUT2D eigenvalue weighted by Gasteiger charge is -2.29. The Labute approximate surface area is 171 Å². The van der Waals surface area contributed by atoms with Crippen LogP contribution < -0.4 is 14.8 Å². The molecule has 2 atom stereocenters. The summed E-state index contributed by atoms with van der Waals surface area (Å²) in [5, 5.41) is 12.4. The third-order valence-corrected chi connectivity index (χ3v) is 4.94. The molecule has 0 bridgehead atoms. The molecule has 1 fully saturated rings. The van der Waals surface area contributed by atoms with Crippen molar-refractivity contribution in [3.63, 3.8) is 0 Å². The van der Waals surface area contributed by atoms with Crippen LogP contribution in [0.5, 0.6) is 11.5 Å². The van der Waals surface area contributed by atoms with Crippen LogP contribution in [0.2, 0.25) is 0 Å². The number of amides is 1. The first-order valence-corrected chi connectivity index (χ1v) is 9.87. The van der Waals surface area contributed by atoms with E-state index in [4.69, 9.17) is 14.2 Å². The van der Waals surface area contributed by atoms with Gasteiger partial charge in [-0.15, -0.1) is 0 Å². The van der Waals surface area contributed by atoms with E-state index in [1.165, 1.54) is 19.6 Å². The molecule has 0 saturated heterocycles. The number of ether oxygens (including phenoxy) is 3. The summed E-state index contributed by atoms with van der Waals surface area (Å²) in [6.07, 6.45) is 5.80. The molecule has 0 aliphatic heterocycles. The van der Waals surface area contributed by atoms with E-state index in [0.717, 1.165) is 19.3 Å². The van der Waals surface area contributed by atoms with Gasteiger partial charge in [0.15, 0.2) is 18.1 Å². The zero-order chi connectivity index (χ0) is 21.2. The highest BCUT2D eigenvalue weighted by atomic mass is 16.6. The van der Waals surface area contributed by atoms with Gasteiger partial charge in [-0.05, 0) is 49.5 Å². The van der Waals surface area contributed by atoms with Crippen molar-refractivity contribution >= 4 is 18.0 Å². The first kappa shape index (κ1) is 22.3. The van der Waals surface area contributed by atoms with Crippen LogP contribution in [0.3, 0.4) is 0 Å². The maximum Gasteiger partial charge on any atom is 0.344 e. The molecule has 1 aromatic rings. The minimum absolute atomic E-state index is 0.0324. The average molecular weight is 400 g/mol. The Morgan fingerprint density at radius 2 is 2.03 bits per heavy atom. The molecule has 1 aliphatic rings. The normalized spacial score (nSPS) is 19.0. The average Bonchev–Trinajstić information content (AvgIpc) is 2.72. The van der Waals surface area contributed by atoms with Crippen LogP contribution in [0, 0.1) is 17.2 Å². The Balaban J connectivity index is 2.10. The lowest BCUT2D eigenvalue weighted by atomic mass is 9.86. The van der Waals surface area contributed by atoms with Crippen LogP contribution in [0.25, 0.3) is 6.08 Å². The van der Waals surface area contributed by atoms with E-state index >= 15 is 0 Å². The molecule has 1 aromatic carbocycles. The second kappa shape index (κ2) is 11.1. The van der Waals surface area contributed by atoms with E-state index in [0.29, 0.717) is 23.0 Å². The molecule has 29 heavy (non-hydrogen) atoms. The Morgan fingerprint density at radius 1 is 1.28 bits per heavy atom. The van der Waals surface area contributed by atoms with Gasteiger partial charge in [-0.2, -0.15) is 5.26 Å². The summed E-state index contributed by atoms with van der Waals surface area (Å²) in [7, 11) is 1.47. The number of benzene rings is 1. The molecule has 1 aliphatic carbocycles. The largest absolute Gasteiger partial charge is 0.493 e. The van der Waals surface area contributed by atoms with Crippen molar-refractivity contribution in [3.05, 3.63) is 29.3 Å². The third kappa shape index (κ3) is 6.53. The summed E-state index contributed by atoms with van der Waals surface area (Å²) < 4.78 is 15.6. The van der Waals surface area contributed by atoms with Crippen LogP contribution in [-0.2, 0) is 14.3 Å². The minimum atomic E-state index is -0.473. The van der Waals surface area contributed by atoms with Crippen molar-refractivity contribution in [1.82, 2.24) is 5.32 Å². The van der Waals surface area contributed by atoms with E-state index in [-0.39, 0.29) is 30.7 Å². The Hall–Kier alpha value is -3.01. The van der Waals surface area contributed by atoms with Crippen LogP contribution in [-0.4, -0.2) is 38.2 Å². The van der Waals surface area contributed by atoms with Gasteiger partial charge in [0.05, 0.1) is 13.7 Å². The summed E-state index contributed by atoms with van der Waals surface area (Å²) in [6, 6.07) is 7.04. The van der Waals surface area contributed by atoms with Crippen molar-refractivity contribution in [2.24, 2.45) is 5.92 Å². The molecule has 1 saturated carbocycles. The molecular formula is C22H28N2O5. The molecule has 1 amide bonds. The number of esters is 1. The zero-order valence-electron chi connectivity index (χ0n) is 17.2. The molecule has 0 spiro atoms. The number of nitrogens with one attached hydrogen (secondary N) is 1. The van der Waals surface area contributed by atoms with Gasteiger partial charge >= 0.3 is 5.97 Å². The highest BCUT2D eigenvalue weighted by molar-refractivity contribution is 6.01. The predicted molar refractivity (Wildman–Crippen MR) is 108 cm³/mol. The Morgan fingerprint density at radius 3 is 2.69 bits per heavy atom. The second-order valence-electron chi connectivity index (χ2n) is 7.02. The molecule has 0 unspecified atom stereocenters. The van der Waals surface area contributed by atoms with Crippen LogP contribution in [0.15, 0.2) is 23.8 Å². The molecule has 2 rings (SSSR count). The smallest absolute Gasteiger partial charge is 0.344 e. The van der Waals surface area contributed by atoms with Crippen molar-refractivity contribution in [2.75, 3.05) is 20.3 Å². The lowest BCUT2D eigenvalue weighted by molar-refractivity contribution is -0.145. The third-order valence-electron chi connectivity index (χ3n) is 4.94. The number of carbonyl (C=O) groups is 2. The number of methoxy groups -OCH3 is 1. The summed E-state index contributed by atoms with van der Waals surface area (Å²) >= 11 is 0. The second-order valence-corrected chi connectivity index (χ2v) is 7.02. The monoisotopic (exact) mass is 400 g/mol. The van der Waals surface area contributed by atoms with E-state index in [9.17, 15) is 14.9 Å². The zero-order valence-corrected chi connectivity index (χ0v) is 17.2. The van der Waals surface area contributed by atoms with Crippen molar-refractivity contribution < 1.29 is 23.8 Å². The van der Waals surface area contributed by atoms with Crippen molar-refractivity contribution in [1.29, 1.82) is 5.26 Å². The predicted octanol–water partition coefficient (Wildman–Crippen LogP) is 3.24. The van der Waals surface area contributed by atoms with Gasteiger partial charge in [0.1, 0.15) is 11.6 Å². The van der Waals surface area contributed by atoms with Gasteiger partial charge < -0.3 is 19.5 Å². The van der Waals surface area contributed by atoms with Gasteiger partial charge in [-0.25, -0.2) is 4.79 Å². The minimum Gasteiger partial charge on any atom is -0.493 e. The van der Waals surface area contributed by atoms with E-state index < -0.39 is 5.97 Å². The summed E-state index contributed by atoms with van der Waals surface area (Å²) in [5.41, 5.74) is 0.652. The highest BCUT2D eigenvalue weighted by Crippen LogP contribution is 2.29. The van der Waals surface area contributed by atoms with Crippen LogP contribution in [0.4, 0.5) is 0 Å². The van der Waals surface area contributed by atoms with Crippen LogP contribution >= 0.6 is 0 Å². The topological polar surface area (TPSA) is 97.7 Å². The Bertz CT molecular complexity index is 797. The molecule has 1 N–H and O–H groups in total. The molecular weight excluding hydrogens is 372 g/mol. The summed E-state index contributed by atoms with van der Waals surface area (Å²) in [6.45, 7) is 3.89. The molecule has 0 radical (unpaired) electrons. The maximum atomic E-state index is 12.5. The van der Waals surface area contributed by atoms with Crippen LogP contribution in [0.1, 0.15) is 45.1 Å². The molecule has 156 valence electrons. The summed E-state index contributed by atoms with van der Waals surface area (Å²) in [5.74, 6) is 0.327. The quantitative estimate of drug-likeness (QED) is 0.409. The van der Waals surface area contributed by atoms with E-state index in [2.05, 4.69) is 12.2 Å².